The van der Waals surface area contributed by atoms with Gasteiger partial charge in [0.25, 0.3) is 0 Å². The first-order valence-corrected chi connectivity index (χ1v) is 5.14. The molecule has 1 aromatic rings. The van der Waals surface area contributed by atoms with Crippen molar-refractivity contribution in [3.05, 3.63) is 20.8 Å². The van der Waals surface area contributed by atoms with E-state index >= 15 is 0 Å². The molecule has 0 radical (unpaired) electrons. The van der Waals surface area contributed by atoms with Crippen LogP contribution in [0, 0.1) is 0 Å². The van der Waals surface area contributed by atoms with Crippen molar-refractivity contribution in [2.45, 2.75) is 0 Å². The Kier molecular flexibility index (Phi) is 3.43. The van der Waals surface area contributed by atoms with Gasteiger partial charge in [-0.15, -0.1) is 11.3 Å². The molecule has 1 rings (SSSR count). The SMILES string of the molecule is CN(C)CC(=O)c1ccc(Br)s1. The molecule has 66 valence electrons. The van der Waals surface area contributed by atoms with E-state index in [-0.39, 0.29) is 5.78 Å². The summed E-state index contributed by atoms with van der Waals surface area (Å²) < 4.78 is 1.00. The predicted molar refractivity (Wildman–Crippen MR) is 54.9 cm³/mol. The van der Waals surface area contributed by atoms with Crippen LogP contribution in [0.2, 0.25) is 0 Å². The molecule has 0 aromatic carbocycles. The number of likely N-dealkylation sites (N-methyl/N-ethyl adjacent to an activating group) is 1. The van der Waals surface area contributed by atoms with Crippen LogP contribution in [-0.2, 0) is 0 Å². The molecule has 2 nitrogen and oxygen atoms in total. The lowest BCUT2D eigenvalue weighted by Crippen LogP contribution is -2.20. The smallest absolute Gasteiger partial charge is 0.186 e. The largest absolute Gasteiger partial charge is 0.302 e. The molecule has 0 spiro atoms. The fraction of sp³-hybridized carbons (Fsp3) is 0.375. The van der Waals surface area contributed by atoms with E-state index in [9.17, 15) is 4.79 Å². The van der Waals surface area contributed by atoms with E-state index in [1.165, 1.54) is 11.3 Å². The topological polar surface area (TPSA) is 20.3 Å². The van der Waals surface area contributed by atoms with Gasteiger partial charge in [0.05, 0.1) is 15.2 Å². The Hall–Kier alpha value is -0.190. The van der Waals surface area contributed by atoms with Gasteiger partial charge in [-0.1, -0.05) is 0 Å². The minimum absolute atomic E-state index is 0.177. The Morgan fingerprint density at radius 3 is 2.67 bits per heavy atom. The van der Waals surface area contributed by atoms with Crippen molar-refractivity contribution >= 4 is 33.0 Å². The highest BCUT2D eigenvalue weighted by Gasteiger charge is 2.08. The van der Waals surface area contributed by atoms with Gasteiger partial charge in [-0.05, 0) is 42.2 Å². The number of hydrogen-bond donors (Lipinski definition) is 0. The van der Waals surface area contributed by atoms with Crippen LogP contribution in [-0.4, -0.2) is 31.3 Å². The van der Waals surface area contributed by atoms with Crippen molar-refractivity contribution in [3.63, 3.8) is 0 Å². The summed E-state index contributed by atoms with van der Waals surface area (Å²) in [5.41, 5.74) is 0. The Bertz CT molecular complexity index is 282. The number of nitrogens with zero attached hydrogens (tertiary/aromatic N) is 1. The van der Waals surface area contributed by atoms with Gasteiger partial charge in [-0.2, -0.15) is 0 Å². The highest BCUT2D eigenvalue weighted by atomic mass is 79.9. The second-order valence-electron chi connectivity index (χ2n) is 2.76. The third kappa shape index (κ3) is 2.69. The minimum atomic E-state index is 0.177. The summed E-state index contributed by atoms with van der Waals surface area (Å²) in [6, 6.07) is 3.74. The second kappa shape index (κ2) is 4.16. The van der Waals surface area contributed by atoms with Crippen LogP contribution in [0.4, 0.5) is 0 Å². The number of halogens is 1. The van der Waals surface area contributed by atoms with E-state index < -0.39 is 0 Å². The summed E-state index contributed by atoms with van der Waals surface area (Å²) in [6.07, 6.45) is 0. The maximum atomic E-state index is 11.4. The van der Waals surface area contributed by atoms with Gasteiger partial charge in [0.15, 0.2) is 5.78 Å². The van der Waals surface area contributed by atoms with Crippen LogP contribution in [0.25, 0.3) is 0 Å². The molecular formula is C8H10BrNOS. The average Bonchev–Trinajstić information content (AvgIpc) is 2.34. The molecule has 1 heterocycles. The van der Waals surface area contributed by atoms with Gasteiger partial charge in [-0.25, -0.2) is 0 Å². The molecule has 4 heteroatoms. The minimum Gasteiger partial charge on any atom is -0.302 e. The molecule has 12 heavy (non-hydrogen) atoms. The van der Waals surface area contributed by atoms with Gasteiger partial charge in [0, 0.05) is 0 Å². The lowest BCUT2D eigenvalue weighted by molar-refractivity contribution is 0.0962. The molecule has 0 saturated heterocycles. The van der Waals surface area contributed by atoms with Crippen molar-refractivity contribution in [2.75, 3.05) is 20.6 Å². The maximum absolute atomic E-state index is 11.4. The normalized spacial score (nSPS) is 10.7. The molecule has 0 fully saturated rings. The van der Waals surface area contributed by atoms with Crippen LogP contribution < -0.4 is 0 Å². The molecule has 0 amide bonds. The van der Waals surface area contributed by atoms with Gasteiger partial charge >= 0.3 is 0 Å². The molecule has 0 aliphatic rings. The highest BCUT2D eigenvalue weighted by Crippen LogP contribution is 2.22. The Morgan fingerprint density at radius 2 is 2.25 bits per heavy atom. The van der Waals surface area contributed by atoms with Gasteiger partial charge in [0.2, 0.25) is 0 Å². The summed E-state index contributed by atoms with van der Waals surface area (Å²) in [7, 11) is 3.78. The van der Waals surface area contributed by atoms with Crippen LogP contribution in [0.5, 0.6) is 0 Å². The number of rotatable bonds is 3. The number of thiophene rings is 1. The summed E-state index contributed by atoms with van der Waals surface area (Å²) >= 11 is 4.80. The van der Waals surface area contributed by atoms with Crippen LogP contribution >= 0.6 is 27.3 Å². The summed E-state index contributed by atoms with van der Waals surface area (Å²) in [6.45, 7) is 0.479. The highest BCUT2D eigenvalue weighted by molar-refractivity contribution is 9.11. The first kappa shape index (κ1) is 9.89. The fourth-order valence-corrected chi connectivity index (χ4v) is 2.15. The number of carbonyl (C=O) groups excluding carboxylic acids is 1. The fourth-order valence-electron chi connectivity index (χ4n) is 0.829. The van der Waals surface area contributed by atoms with E-state index in [0.717, 1.165) is 8.66 Å². The number of ketones is 1. The Labute approximate surface area is 84.3 Å². The van der Waals surface area contributed by atoms with Crippen molar-refractivity contribution in [1.29, 1.82) is 0 Å². The van der Waals surface area contributed by atoms with Crippen molar-refractivity contribution in [2.24, 2.45) is 0 Å². The Morgan fingerprint density at radius 1 is 1.58 bits per heavy atom. The lowest BCUT2D eigenvalue weighted by atomic mass is 10.3. The molecule has 0 N–H and O–H groups in total. The number of carbonyl (C=O) groups is 1. The summed E-state index contributed by atoms with van der Waals surface area (Å²) in [4.78, 5) is 14.1. The van der Waals surface area contributed by atoms with Gasteiger partial charge in [-0.3, -0.25) is 4.79 Å². The van der Waals surface area contributed by atoms with Crippen LogP contribution in [0.1, 0.15) is 9.67 Å². The van der Waals surface area contributed by atoms with E-state index in [1.807, 2.05) is 31.1 Å². The monoisotopic (exact) mass is 247 g/mol. The second-order valence-corrected chi connectivity index (χ2v) is 5.23. The molecule has 0 atom stereocenters. The molecule has 0 bridgehead atoms. The van der Waals surface area contributed by atoms with Crippen molar-refractivity contribution in [1.82, 2.24) is 4.90 Å². The summed E-state index contributed by atoms with van der Waals surface area (Å²) in [5, 5.41) is 0. The van der Waals surface area contributed by atoms with E-state index in [4.69, 9.17) is 0 Å². The predicted octanol–water partition coefficient (Wildman–Crippen LogP) is 2.25. The molecular weight excluding hydrogens is 238 g/mol. The first-order chi connectivity index (χ1) is 5.59. The van der Waals surface area contributed by atoms with E-state index in [0.29, 0.717) is 6.54 Å². The van der Waals surface area contributed by atoms with Crippen molar-refractivity contribution < 1.29 is 4.79 Å². The zero-order valence-corrected chi connectivity index (χ0v) is 9.41. The average molecular weight is 248 g/mol. The third-order valence-corrected chi connectivity index (χ3v) is 2.97. The van der Waals surface area contributed by atoms with E-state index in [1.54, 1.807) is 0 Å². The molecule has 0 aliphatic heterocycles. The van der Waals surface area contributed by atoms with E-state index in [2.05, 4.69) is 15.9 Å². The van der Waals surface area contributed by atoms with Crippen molar-refractivity contribution in [3.8, 4) is 0 Å². The summed E-state index contributed by atoms with van der Waals surface area (Å²) in [5.74, 6) is 0.177. The zero-order valence-electron chi connectivity index (χ0n) is 7.00. The van der Waals surface area contributed by atoms with Crippen LogP contribution in [0.15, 0.2) is 15.9 Å². The number of Topliss-reactive ketones (excluding diaryl/α,β-unsaturated/α-hetero) is 1. The zero-order chi connectivity index (χ0) is 9.14. The van der Waals surface area contributed by atoms with Crippen LogP contribution in [0.3, 0.4) is 0 Å². The van der Waals surface area contributed by atoms with Gasteiger partial charge in [0.1, 0.15) is 0 Å². The Balaban J connectivity index is 2.65. The lowest BCUT2D eigenvalue weighted by Gasteiger charge is -2.05. The molecule has 0 unspecified atom stereocenters. The third-order valence-electron chi connectivity index (χ3n) is 1.31. The maximum Gasteiger partial charge on any atom is 0.186 e. The molecule has 1 aromatic heterocycles. The van der Waals surface area contributed by atoms with Gasteiger partial charge < -0.3 is 4.90 Å². The number of hydrogen-bond acceptors (Lipinski definition) is 3. The standard InChI is InChI=1S/C8H10BrNOS/c1-10(2)5-6(11)7-3-4-8(9)12-7/h3-4H,5H2,1-2H3. The quantitative estimate of drug-likeness (QED) is 0.765. The molecule has 0 saturated carbocycles. The molecule has 0 aliphatic carbocycles. The first-order valence-electron chi connectivity index (χ1n) is 3.53.